The number of hydrogen-bond donors (Lipinski definition) is 4. The van der Waals surface area contributed by atoms with Crippen molar-refractivity contribution in [1.29, 1.82) is 0 Å². The molecule has 2 aromatic carbocycles. The minimum Gasteiger partial charge on any atom is -0.465 e. The van der Waals surface area contributed by atoms with Crippen LogP contribution in [0.4, 0.5) is 10.5 Å². The first-order valence-electron chi connectivity index (χ1n) is 10.0. The molecule has 0 unspecified atom stereocenters. The minimum absolute atomic E-state index is 0.0993. The number of nitrogens with zero attached hydrogens (tertiary/aromatic N) is 2. The highest BCUT2D eigenvalue weighted by molar-refractivity contribution is 6.07. The quantitative estimate of drug-likeness (QED) is 0.512. The van der Waals surface area contributed by atoms with E-state index in [4.69, 9.17) is 5.73 Å². The van der Waals surface area contributed by atoms with Crippen molar-refractivity contribution in [2.24, 2.45) is 5.73 Å². The van der Waals surface area contributed by atoms with Crippen LogP contribution in [0, 0.1) is 0 Å². The number of primary amides is 1. The van der Waals surface area contributed by atoms with Crippen LogP contribution in [-0.4, -0.2) is 51.2 Å². The standard InChI is InChI=1S/C22H23N5O4/c1-12(28)24-16-4-2-3-14(9-16)15-10-17-19(13-5-7-27(8-6-13)22(30)31)25-26-20(17)18(11-15)21(23)29/h2-4,9-11,13H,5-8H2,1H3,(H2,23,29)(H,24,28)(H,25,26)(H,30,31). The third-order valence-corrected chi connectivity index (χ3v) is 5.64. The lowest BCUT2D eigenvalue weighted by Gasteiger charge is -2.29. The first-order chi connectivity index (χ1) is 14.8. The van der Waals surface area contributed by atoms with E-state index in [2.05, 4.69) is 15.5 Å². The Balaban J connectivity index is 1.77. The van der Waals surface area contributed by atoms with E-state index < -0.39 is 12.0 Å². The lowest BCUT2D eigenvalue weighted by Crippen LogP contribution is -2.36. The van der Waals surface area contributed by atoms with Crippen LogP contribution in [0.3, 0.4) is 0 Å². The Morgan fingerprint density at radius 2 is 1.90 bits per heavy atom. The predicted octanol–water partition coefficient (Wildman–Crippen LogP) is 3.14. The number of rotatable bonds is 4. The maximum Gasteiger partial charge on any atom is 0.407 e. The van der Waals surface area contributed by atoms with Crippen molar-refractivity contribution in [3.05, 3.63) is 47.7 Å². The van der Waals surface area contributed by atoms with Crippen LogP contribution in [0.1, 0.15) is 41.7 Å². The molecule has 31 heavy (non-hydrogen) atoms. The Hall–Kier alpha value is -3.88. The largest absolute Gasteiger partial charge is 0.465 e. The van der Waals surface area contributed by atoms with Crippen LogP contribution in [0.25, 0.3) is 22.0 Å². The summed E-state index contributed by atoms with van der Waals surface area (Å²) in [6.45, 7) is 2.33. The fourth-order valence-electron chi connectivity index (χ4n) is 4.14. The lowest BCUT2D eigenvalue weighted by molar-refractivity contribution is -0.114. The first kappa shape index (κ1) is 20.4. The van der Waals surface area contributed by atoms with Crippen LogP contribution in [0.15, 0.2) is 36.4 Å². The number of hydrogen-bond acceptors (Lipinski definition) is 4. The molecule has 1 saturated heterocycles. The van der Waals surface area contributed by atoms with E-state index in [1.54, 1.807) is 12.1 Å². The van der Waals surface area contributed by atoms with Crippen molar-refractivity contribution in [3.8, 4) is 11.1 Å². The second kappa shape index (κ2) is 8.10. The van der Waals surface area contributed by atoms with Gasteiger partial charge in [0.1, 0.15) is 5.52 Å². The molecule has 3 amide bonds. The molecule has 1 aliphatic heterocycles. The van der Waals surface area contributed by atoms with Gasteiger partial charge in [0.2, 0.25) is 5.91 Å². The van der Waals surface area contributed by atoms with Gasteiger partial charge in [-0.15, -0.1) is 0 Å². The average Bonchev–Trinajstić information content (AvgIpc) is 3.16. The second-order valence-electron chi connectivity index (χ2n) is 7.73. The lowest BCUT2D eigenvalue weighted by atomic mass is 9.90. The van der Waals surface area contributed by atoms with Gasteiger partial charge in [-0.1, -0.05) is 12.1 Å². The molecular weight excluding hydrogens is 398 g/mol. The van der Waals surface area contributed by atoms with Gasteiger partial charge in [-0.05, 0) is 48.2 Å². The number of benzene rings is 2. The van der Waals surface area contributed by atoms with Crippen molar-refractivity contribution in [3.63, 3.8) is 0 Å². The van der Waals surface area contributed by atoms with Crippen LogP contribution >= 0.6 is 0 Å². The Morgan fingerprint density at radius 1 is 1.16 bits per heavy atom. The summed E-state index contributed by atoms with van der Waals surface area (Å²) >= 11 is 0. The number of carbonyl (C=O) groups is 3. The second-order valence-corrected chi connectivity index (χ2v) is 7.73. The summed E-state index contributed by atoms with van der Waals surface area (Å²) in [4.78, 5) is 36.2. The zero-order valence-electron chi connectivity index (χ0n) is 17.0. The van der Waals surface area contributed by atoms with E-state index >= 15 is 0 Å². The first-order valence-corrected chi connectivity index (χ1v) is 10.0. The number of fused-ring (bicyclic) bond motifs is 1. The molecule has 5 N–H and O–H groups in total. The van der Waals surface area contributed by atoms with Crippen molar-refractivity contribution in [1.82, 2.24) is 15.1 Å². The van der Waals surface area contributed by atoms with Gasteiger partial charge in [-0.25, -0.2) is 4.79 Å². The summed E-state index contributed by atoms with van der Waals surface area (Å²) in [7, 11) is 0. The van der Waals surface area contributed by atoms with Gasteiger partial charge < -0.3 is 21.1 Å². The Labute approximate surface area is 178 Å². The van der Waals surface area contributed by atoms with Crippen LogP contribution in [0.5, 0.6) is 0 Å². The van der Waals surface area contributed by atoms with Gasteiger partial charge in [0.05, 0.1) is 5.56 Å². The highest BCUT2D eigenvalue weighted by atomic mass is 16.4. The fraction of sp³-hybridized carbons (Fsp3) is 0.273. The van der Waals surface area contributed by atoms with Crippen molar-refractivity contribution >= 4 is 34.5 Å². The molecule has 4 rings (SSSR count). The smallest absolute Gasteiger partial charge is 0.407 e. The van der Waals surface area contributed by atoms with Crippen molar-refractivity contribution in [2.45, 2.75) is 25.7 Å². The molecular formula is C22H23N5O4. The van der Waals surface area contributed by atoms with E-state index in [1.807, 2.05) is 24.3 Å². The molecule has 0 atom stereocenters. The zero-order chi connectivity index (χ0) is 22.1. The predicted molar refractivity (Wildman–Crippen MR) is 116 cm³/mol. The van der Waals surface area contributed by atoms with E-state index in [0.29, 0.717) is 42.7 Å². The van der Waals surface area contributed by atoms with E-state index in [-0.39, 0.29) is 11.8 Å². The topological polar surface area (TPSA) is 141 Å². The molecule has 1 aromatic heterocycles. The molecule has 0 aliphatic carbocycles. The summed E-state index contributed by atoms with van der Waals surface area (Å²) in [5.74, 6) is -0.652. The monoisotopic (exact) mass is 421 g/mol. The summed E-state index contributed by atoms with van der Waals surface area (Å²) in [5.41, 5.74) is 9.58. The third kappa shape index (κ3) is 4.07. The Bertz CT molecular complexity index is 1180. The van der Waals surface area contributed by atoms with Crippen LogP contribution in [-0.2, 0) is 4.79 Å². The van der Waals surface area contributed by atoms with E-state index in [0.717, 1.165) is 22.2 Å². The minimum atomic E-state index is -0.912. The number of amides is 3. The molecule has 160 valence electrons. The highest BCUT2D eigenvalue weighted by Gasteiger charge is 2.27. The number of aromatic amines is 1. The van der Waals surface area contributed by atoms with Gasteiger partial charge >= 0.3 is 6.09 Å². The summed E-state index contributed by atoms with van der Waals surface area (Å²) in [6.07, 6.45) is 0.417. The number of carboxylic acid groups (broad SMARTS) is 1. The number of likely N-dealkylation sites (tertiary alicyclic amines) is 1. The summed E-state index contributed by atoms with van der Waals surface area (Å²) in [6, 6.07) is 11.0. The van der Waals surface area contributed by atoms with Crippen LogP contribution in [0.2, 0.25) is 0 Å². The third-order valence-electron chi connectivity index (χ3n) is 5.64. The summed E-state index contributed by atoms with van der Waals surface area (Å²) in [5, 5.41) is 20.2. The Morgan fingerprint density at radius 3 is 2.55 bits per heavy atom. The number of piperidine rings is 1. The molecule has 3 aromatic rings. The van der Waals surface area contributed by atoms with Crippen molar-refractivity contribution < 1.29 is 19.5 Å². The number of nitrogens with one attached hydrogen (secondary N) is 2. The molecule has 0 bridgehead atoms. The molecule has 0 saturated carbocycles. The maximum absolute atomic E-state index is 12.2. The fourth-order valence-corrected chi connectivity index (χ4v) is 4.14. The van der Waals surface area contributed by atoms with Gasteiger partial charge in [-0.3, -0.25) is 14.7 Å². The molecule has 2 heterocycles. The van der Waals surface area contributed by atoms with Crippen LogP contribution < -0.4 is 11.1 Å². The average molecular weight is 421 g/mol. The van der Waals surface area contributed by atoms with Crippen molar-refractivity contribution in [2.75, 3.05) is 18.4 Å². The number of H-pyrrole nitrogens is 1. The maximum atomic E-state index is 12.2. The van der Waals surface area contributed by atoms with Gasteiger partial charge in [0, 0.05) is 42.7 Å². The molecule has 0 spiro atoms. The SMILES string of the molecule is CC(=O)Nc1cccc(-c2cc(C(N)=O)c3n[nH]c(C4CCN(C(=O)O)CC4)c3c2)c1. The number of anilines is 1. The number of carbonyl (C=O) groups excluding carboxylic acids is 2. The molecule has 9 heteroatoms. The number of nitrogens with two attached hydrogens (primary N) is 1. The van der Waals surface area contributed by atoms with Gasteiger partial charge in [0.15, 0.2) is 0 Å². The zero-order valence-corrected chi connectivity index (χ0v) is 17.0. The summed E-state index contributed by atoms with van der Waals surface area (Å²) < 4.78 is 0. The van der Waals surface area contributed by atoms with E-state index in [9.17, 15) is 19.5 Å². The molecule has 1 aliphatic rings. The van der Waals surface area contributed by atoms with Gasteiger partial charge in [-0.2, -0.15) is 5.10 Å². The molecule has 9 nitrogen and oxygen atoms in total. The molecule has 0 radical (unpaired) electrons. The highest BCUT2D eigenvalue weighted by Crippen LogP contribution is 2.35. The van der Waals surface area contributed by atoms with E-state index in [1.165, 1.54) is 11.8 Å². The molecule has 1 fully saturated rings. The Kier molecular flexibility index (Phi) is 5.33. The normalized spacial score (nSPS) is 14.5. The van der Waals surface area contributed by atoms with Gasteiger partial charge in [0.25, 0.3) is 5.91 Å². The number of aromatic nitrogens is 2.